The number of methoxy groups -OCH3 is 1. The molecular formula is C38H49N5O4. The summed E-state index contributed by atoms with van der Waals surface area (Å²) in [5.41, 5.74) is 3.13. The maximum Gasteiger partial charge on any atom is 0.233 e. The van der Waals surface area contributed by atoms with Crippen molar-refractivity contribution < 1.29 is 19.0 Å². The van der Waals surface area contributed by atoms with E-state index in [-0.39, 0.29) is 35.4 Å². The van der Waals surface area contributed by atoms with Gasteiger partial charge in [-0.25, -0.2) is 0 Å². The van der Waals surface area contributed by atoms with E-state index in [4.69, 9.17) is 24.2 Å². The molecule has 0 radical (unpaired) electrons. The number of aromatic nitrogens is 2. The minimum atomic E-state index is -0.371. The Labute approximate surface area is 279 Å². The molecule has 7 rings (SSSR count). The number of rotatable bonds is 11. The largest absolute Gasteiger partial charge is 0.481 e. The monoisotopic (exact) mass is 639 g/mol. The van der Waals surface area contributed by atoms with E-state index >= 15 is 0 Å². The first-order valence-electron chi connectivity index (χ1n) is 17.5. The Morgan fingerprint density at radius 3 is 2.15 bits per heavy atom. The molecule has 4 aliphatic rings. The Balaban J connectivity index is 1.25. The van der Waals surface area contributed by atoms with Crippen molar-refractivity contribution in [3.63, 3.8) is 0 Å². The fourth-order valence-corrected chi connectivity index (χ4v) is 7.77. The van der Waals surface area contributed by atoms with E-state index in [1.165, 1.54) is 11.1 Å². The van der Waals surface area contributed by atoms with Gasteiger partial charge in [-0.15, -0.1) is 0 Å². The summed E-state index contributed by atoms with van der Waals surface area (Å²) < 4.78 is 17.8. The second-order valence-corrected chi connectivity index (χ2v) is 14.1. The molecule has 4 fully saturated rings. The van der Waals surface area contributed by atoms with Crippen LogP contribution in [0.15, 0.2) is 60.7 Å². The van der Waals surface area contributed by atoms with Gasteiger partial charge < -0.3 is 19.1 Å². The predicted octanol–water partition coefficient (Wildman–Crippen LogP) is 5.11. The Kier molecular flexibility index (Phi) is 9.22. The number of piperazine rings is 2. The lowest BCUT2D eigenvalue weighted by molar-refractivity contribution is -0.177. The first kappa shape index (κ1) is 32.0. The predicted molar refractivity (Wildman–Crippen MR) is 181 cm³/mol. The van der Waals surface area contributed by atoms with Crippen LogP contribution in [0.5, 0.6) is 11.8 Å². The Morgan fingerprint density at radius 2 is 1.60 bits per heavy atom. The molecule has 4 heterocycles. The number of hydrogen-bond donors (Lipinski definition) is 0. The lowest BCUT2D eigenvalue weighted by Gasteiger charge is -2.55. The molecule has 0 N–H and O–H groups in total. The Bertz CT molecular complexity index is 1480. The highest BCUT2D eigenvalue weighted by molar-refractivity contribution is 5.84. The molecule has 1 aliphatic carbocycles. The first-order chi connectivity index (χ1) is 22.9. The van der Waals surface area contributed by atoms with Crippen molar-refractivity contribution in [3.05, 3.63) is 83.2 Å². The Morgan fingerprint density at radius 1 is 0.936 bits per heavy atom. The molecule has 3 aromatic rings. The van der Waals surface area contributed by atoms with E-state index in [1.807, 2.05) is 13.8 Å². The van der Waals surface area contributed by atoms with E-state index < -0.39 is 0 Å². The summed E-state index contributed by atoms with van der Waals surface area (Å²) in [6, 6.07) is 22.1. The number of carbonyl (C=O) groups is 1. The van der Waals surface area contributed by atoms with Gasteiger partial charge in [0.15, 0.2) is 0 Å². The molecule has 0 bridgehead atoms. The molecule has 2 aromatic carbocycles. The minimum Gasteiger partial charge on any atom is -0.481 e. The van der Waals surface area contributed by atoms with Crippen molar-refractivity contribution in [3.8, 4) is 11.8 Å². The number of benzene rings is 2. The molecule has 1 saturated carbocycles. The van der Waals surface area contributed by atoms with Gasteiger partial charge in [0, 0.05) is 63.2 Å². The topological polar surface area (TPSA) is 80.3 Å². The molecular weight excluding hydrogens is 590 g/mol. The van der Waals surface area contributed by atoms with Gasteiger partial charge in [-0.2, -0.15) is 9.97 Å². The second kappa shape index (κ2) is 13.5. The highest BCUT2D eigenvalue weighted by Gasteiger charge is 2.49. The molecule has 2 atom stereocenters. The summed E-state index contributed by atoms with van der Waals surface area (Å²) in [6.07, 6.45) is 3.00. The van der Waals surface area contributed by atoms with Crippen molar-refractivity contribution in [2.75, 3.05) is 53.0 Å². The number of nitrogens with zero attached hydrogens (tertiary/aromatic N) is 5. The standard InChI is InChI=1S/C38H49N5O4/c1-5-38(24-46-25-38)37(44)42-18-19-43-30(21-42)20-41(22-31-35(45-4)39-34(29-16-17-29)40-36(31)47-26(2)3)23-32(43)33(27-12-8-6-9-13-27)28-14-10-7-11-15-28/h6-15,26,29-30,32-33H,5,16-25H2,1-4H3/t30-,32+/m1/s1. The molecule has 47 heavy (non-hydrogen) atoms. The zero-order chi connectivity index (χ0) is 32.5. The highest BCUT2D eigenvalue weighted by atomic mass is 16.5. The van der Waals surface area contributed by atoms with Crippen LogP contribution in [-0.4, -0.2) is 102 Å². The highest BCUT2D eigenvalue weighted by Crippen LogP contribution is 2.42. The van der Waals surface area contributed by atoms with Crippen LogP contribution in [-0.2, 0) is 16.1 Å². The average Bonchev–Trinajstić information content (AvgIpc) is 3.92. The molecule has 1 amide bonds. The number of hydrogen-bond acceptors (Lipinski definition) is 8. The van der Waals surface area contributed by atoms with E-state index in [2.05, 4.69) is 82.3 Å². The summed E-state index contributed by atoms with van der Waals surface area (Å²) in [5.74, 6) is 2.86. The van der Waals surface area contributed by atoms with Gasteiger partial charge in [0.2, 0.25) is 17.7 Å². The van der Waals surface area contributed by atoms with Crippen molar-refractivity contribution in [2.24, 2.45) is 5.41 Å². The maximum atomic E-state index is 13.9. The third-order valence-electron chi connectivity index (χ3n) is 10.6. The van der Waals surface area contributed by atoms with Gasteiger partial charge in [-0.1, -0.05) is 67.6 Å². The first-order valence-corrected chi connectivity index (χ1v) is 17.5. The molecule has 3 saturated heterocycles. The van der Waals surface area contributed by atoms with Crippen LogP contribution in [0, 0.1) is 5.41 Å². The minimum absolute atomic E-state index is 0.0233. The van der Waals surface area contributed by atoms with Crippen molar-refractivity contribution in [1.29, 1.82) is 0 Å². The lowest BCUT2D eigenvalue weighted by atomic mass is 9.80. The Hall–Kier alpha value is -3.53. The van der Waals surface area contributed by atoms with Crippen molar-refractivity contribution in [2.45, 2.75) is 76.6 Å². The third kappa shape index (κ3) is 6.50. The summed E-state index contributed by atoms with van der Waals surface area (Å²) in [6.45, 7) is 11.8. The van der Waals surface area contributed by atoms with Gasteiger partial charge >= 0.3 is 0 Å². The van der Waals surface area contributed by atoms with Crippen molar-refractivity contribution in [1.82, 2.24) is 24.7 Å². The van der Waals surface area contributed by atoms with E-state index in [0.29, 0.717) is 44.0 Å². The zero-order valence-corrected chi connectivity index (χ0v) is 28.3. The van der Waals surface area contributed by atoms with Gasteiger partial charge in [0.25, 0.3) is 0 Å². The van der Waals surface area contributed by atoms with Gasteiger partial charge in [0.1, 0.15) is 5.82 Å². The summed E-state index contributed by atoms with van der Waals surface area (Å²) in [4.78, 5) is 31.1. The molecule has 3 aliphatic heterocycles. The van der Waals surface area contributed by atoms with Crippen LogP contribution in [0.3, 0.4) is 0 Å². The summed E-state index contributed by atoms with van der Waals surface area (Å²) >= 11 is 0. The number of carbonyl (C=O) groups excluding carboxylic acids is 1. The summed E-state index contributed by atoms with van der Waals surface area (Å²) in [5, 5.41) is 0. The van der Waals surface area contributed by atoms with E-state index in [1.54, 1.807) is 7.11 Å². The quantitative estimate of drug-likeness (QED) is 0.287. The van der Waals surface area contributed by atoms with E-state index in [9.17, 15) is 4.79 Å². The van der Waals surface area contributed by atoms with Crippen LogP contribution >= 0.6 is 0 Å². The van der Waals surface area contributed by atoms with Gasteiger partial charge in [-0.05, 0) is 44.2 Å². The van der Waals surface area contributed by atoms with Crippen LogP contribution in [0.25, 0.3) is 0 Å². The van der Waals surface area contributed by atoms with Crippen LogP contribution in [0.4, 0.5) is 0 Å². The number of amides is 1. The smallest absolute Gasteiger partial charge is 0.233 e. The zero-order valence-electron chi connectivity index (χ0n) is 28.3. The second-order valence-electron chi connectivity index (χ2n) is 14.1. The van der Waals surface area contributed by atoms with Crippen molar-refractivity contribution >= 4 is 5.91 Å². The fraction of sp³-hybridized carbons (Fsp3) is 0.553. The normalized spacial score (nSPS) is 23.0. The molecule has 9 nitrogen and oxygen atoms in total. The third-order valence-corrected chi connectivity index (χ3v) is 10.6. The van der Waals surface area contributed by atoms with Crippen LogP contribution in [0.1, 0.15) is 74.4 Å². The molecule has 250 valence electrons. The number of ether oxygens (including phenoxy) is 3. The fourth-order valence-electron chi connectivity index (χ4n) is 7.77. The summed E-state index contributed by atoms with van der Waals surface area (Å²) in [7, 11) is 1.70. The molecule has 0 unspecified atom stereocenters. The maximum absolute atomic E-state index is 13.9. The lowest BCUT2D eigenvalue weighted by Crippen LogP contribution is -2.69. The molecule has 0 spiro atoms. The van der Waals surface area contributed by atoms with Gasteiger partial charge in [0.05, 0.1) is 37.4 Å². The van der Waals surface area contributed by atoms with Crippen LogP contribution < -0.4 is 9.47 Å². The number of fused-ring (bicyclic) bond motifs is 1. The van der Waals surface area contributed by atoms with E-state index in [0.717, 1.165) is 56.8 Å². The average molecular weight is 640 g/mol. The SMILES string of the molecule is CCC1(C(=O)N2CCN3[C@H](CN(Cc4c(OC)nc(C5CC5)nc4OC(C)C)C[C@H]3C(c3ccccc3)c3ccccc3)C2)COC1. The van der Waals surface area contributed by atoms with Gasteiger partial charge in [-0.3, -0.25) is 14.6 Å². The molecule has 9 heteroatoms. The molecule has 1 aromatic heterocycles. The van der Waals surface area contributed by atoms with Crippen LogP contribution in [0.2, 0.25) is 0 Å².